The first-order valence-electron chi connectivity index (χ1n) is 12.0. The molecule has 6 N–H and O–H groups in total. The Morgan fingerprint density at radius 1 is 1.11 bits per heavy atom. The highest BCUT2D eigenvalue weighted by molar-refractivity contribution is 6.20. The first-order chi connectivity index (χ1) is 17.6. The van der Waals surface area contributed by atoms with Crippen LogP contribution in [0.15, 0.2) is 71.4 Å². The molecule has 0 radical (unpaired) electrons. The Bertz CT molecular complexity index is 1160. The molecule has 2 aromatic rings. The van der Waals surface area contributed by atoms with Crippen molar-refractivity contribution in [3.8, 4) is 0 Å². The molecular formula is C26H32N8O2. The van der Waals surface area contributed by atoms with E-state index in [0.717, 1.165) is 22.5 Å². The van der Waals surface area contributed by atoms with Gasteiger partial charge in [0.15, 0.2) is 0 Å². The lowest BCUT2D eigenvalue weighted by Crippen LogP contribution is -2.44. The summed E-state index contributed by atoms with van der Waals surface area (Å²) in [6.45, 7) is 5.18. The summed E-state index contributed by atoms with van der Waals surface area (Å²) in [6, 6.07) is 17.6. The molecule has 1 atom stereocenters. The van der Waals surface area contributed by atoms with Gasteiger partial charge in [0.2, 0.25) is 5.90 Å². The normalized spacial score (nSPS) is 17.6. The van der Waals surface area contributed by atoms with E-state index in [1.165, 1.54) is 0 Å². The fourth-order valence-corrected chi connectivity index (χ4v) is 3.97. The van der Waals surface area contributed by atoms with Crippen molar-refractivity contribution in [3.63, 3.8) is 0 Å². The molecule has 1 saturated heterocycles. The molecule has 0 spiro atoms. The molecule has 4 rings (SSSR count). The van der Waals surface area contributed by atoms with E-state index in [1.807, 2.05) is 66.4 Å². The van der Waals surface area contributed by atoms with Crippen LogP contribution in [0, 0.1) is 16.2 Å². The fourth-order valence-electron chi connectivity index (χ4n) is 3.97. The summed E-state index contributed by atoms with van der Waals surface area (Å²) in [6.07, 6.45) is 1.08. The molecular weight excluding hydrogens is 456 g/mol. The number of amidine groups is 2. The summed E-state index contributed by atoms with van der Waals surface area (Å²) >= 11 is 0. The molecule has 0 aromatic heterocycles. The van der Waals surface area contributed by atoms with Gasteiger partial charge in [-0.05, 0) is 13.0 Å². The quantitative estimate of drug-likeness (QED) is 0.273. The molecule has 2 aromatic carbocycles. The van der Waals surface area contributed by atoms with Crippen molar-refractivity contribution in [1.82, 2.24) is 15.5 Å². The van der Waals surface area contributed by atoms with E-state index in [4.69, 9.17) is 30.7 Å². The van der Waals surface area contributed by atoms with Crippen LogP contribution in [0.2, 0.25) is 0 Å². The molecule has 10 heteroatoms. The van der Waals surface area contributed by atoms with Crippen LogP contribution >= 0.6 is 0 Å². The molecule has 1 unspecified atom stereocenters. The van der Waals surface area contributed by atoms with Gasteiger partial charge < -0.3 is 30.3 Å². The van der Waals surface area contributed by atoms with Gasteiger partial charge in [0, 0.05) is 42.6 Å². The topological polar surface area (TPSA) is 142 Å². The summed E-state index contributed by atoms with van der Waals surface area (Å²) in [4.78, 5) is 6.74. The number of benzene rings is 2. The average Bonchev–Trinajstić information content (AvgIpc) is 3.09. The van der Waals surface area contributed by atoms with Crippen molar-refractivity contribution in [3.05, 3.63) is 77.5 Å². The van der Waals surface area contributed by atoms with E-state index in [1.54, 1.807) is 6.20 Å². The second kappa shape index (κ2) is 12.0. The Balaban J connectivity index is 1.49. The Labute approximate surface area is 210 Å². The van der Waals surface area contributed by atoms with Gasteiger partial charge in [0.05, 0.1) is 31.0 Å². The Morgan fingerprint density at radius 3 is 2.58 bits per heavy atom. The van der Waals surface area contributed by atoms with Gasteiger partial charge in [-0.2, -0.15) is 0 Å². The Hall–Kier alpha value is -4.18. The smallest absolute Gasteiger partial charge is 0.290 e. The van der Waals surface area contributed by atoms with Crippen LogP contribution < -0.4 is 16.0 Å². The third kappa shape index (κ3) is 6.08. The molecule has 2 heterocycles. The van der Waals surface area contributed by atoms with Crippen molar-refractivity contribution >= 4 is 29.2 Å². The number of aliphatic imine (C=N–C) groups is 1. The number of hydrogen-bond donors (Lipinski definition) is 6. The van der Waals surface area contributed by atoms with E-state index < -0.39 is 6.17 Å². The van der Waals surface area contributed by atoms with Crippen LogP contribution in [-0.2, 0) is 9.47 Å². The van der Waals surface area contributed by atoms with Gasteiger partial charge in [-0.25, -0.2) is 0 Å². The lowest BCUT2D eigenvalue weighted by Gasteiger charge is -2.30. The lowest BCUT2D eigenvalue weighted by molar-refractivity contribution is 0.0679. The number of fused-ring (bicyclic) bond motifs is 1. The summed E-state index contributed by atoms with van der Waals surface area (Å²) < 4.78 is 10.9. The first-order valence-corrected chi connectivity index (χ1v) is 12.0. The van der Waals surface area contributed by atoms with E-state index in [0.29, 0.717) is 39.4 Å². The highest BCUT2D eigenvalue weighted by atomic mass is 16.5. The van der Waals surface area contributed by atoms with Crippen LogP contribution in [0.25, 0.3) is 0 Å². The van der Waals surface area contributed by atoms with Gasteiger partial charge in [-0.3, -0.25) is 21.2 Å². The van der Waals surface area contributed by atoms with Crippen molar-refractivity contribution in [2.75, 3.05) is 44.7 Å². The van der Waals surface area contributed by atoms with Gasteiger partial charge in [0.1, 0.15) is 12.0 Å². The molecule has 2 aliphatic heterocycles. The number of nitrogens with zero attached hydrogens (tertiary/aromatic N) is 2. The SMILES string of the molecule is CCN/C=C(/C(=N)OC(=N)NC1CNc2ccccc2C(c2ccccc2)=N1)C(=N)N1CCOCC1. The second-order valence-electron chi connectivity index (χ2n) is 8.25. The van der Waals surface area contributed by atoms with Gasteiger partial charge in [-0.15, -0.1) is 0 Å². The Kier molecular flexibility index (Phi) is 8.30. The predicted octanol–water partition coefficient (Wildman–Crippen LogP) is 2.60. The molecule has 10 nitrogen and oxygen atoms in total. The van der Waals surface area contributed by atoms with Crippen LogP contribution in [0.1, 0.15) is 18.1 Å². The number of ether oxygens (including phenoxy) is 2. The van der Waals surface area contributed by atoms with E-state index in [-0.39, 0.29) is 23.3 Å². The molecule has 0 aliphatic carbocycles. The van der Waals surface area contributed by atoms with E-state index in [2.05, 4.69) is 16.0 Å². The number of rotatable bonds is 6. The van der Waals surface area contributed by atoms with Gasteiger partial charge in [-0.1, -0.05) is 48.5 Å². The van der Waals surface area contributed by atoms with Gasteiger partial charge >= 0.3 is 0 Å². The first kappa shape index (κ1) is 24.9. The molecule has 2 aliphatic rings. The molecule has 188 valence electrons. The highest BCUT2D eigenvalue weighted by Gasteiger charge is 2.24. The highest BCUT2D eigenvalue weighted by Crippen LogP contribution is 2.23. The maximum Gasteiger partial charge on any atom is 0.290 e. The number of hydrogen-bond acceptors (Lipinski definition) is 8. The third-order valence-corrected chi connectivity index (χ3v) is 5.78. The second-order valence-corrected chi connectivity index (χ2v) is 8.25. The summed E-state index contributed by atoms with van der Waals surface area (Å²) in [5, 5.41) is 34.9. The zero-order valence-corrected chi connectivity index (χ0v) is 20.3. The number of morpholine rings is 1. The number of para-hydroxylation sites is 1. The van der Waals surface area contributed by atoms with Crippen LogP contribution in [-0.4, -0.2) is 73.9 Å². The zero-order chi connectivity index (χ0) is 25.3. The minimum atomic E-state index is -0.507. The number of nitrogens with one attached hydrogen (secondary N) is 6. The van der Waals surface area contributed by atoms with Crippen LogP contribution in [0.5, 0.6) is 0 Å². The number of anilines is 1. The van der Waals surface area contributed by atoms with E-state index >= 15 is 0 Å². The van der Waals surface area contributed by atoms with Crippen molar-refractivity contribution in [2.24, 2.45) is 4.99 Å². The average molecular weight is 489 g/mol. The third-order valence-electron chi connectivity index (χ3n) is 5.78. The summed E-state index contributed by atoms with van der Waals surface area (Å²) in [7, 11) is 0. The number of benzodiazepines with no additional fused rings is 1. The van der Waals surface area contributed by atoms with E-state index in [9.17, 15) is 0 Å². The largest absolute Gasteiger partial charge is 0.407 e. The van der Waals surface area contributed by atoms with Crippen molar-refractivity contribution < 1.29 is 9.47 Å². The maximum atomic E-state index is 8.59. The lowest BCUT2D eigenvalue weighted by atomic mass is 10.0. The maximum absolute atomic E-state index is 8.59. The van der Waals surface area contributed by atoms with Gasteiger partial charge in [0.25, 0.3) is 6.02 Å². The monoisotopic (exact) mass is 488 g/mol. The summed E-state index contributed by atoms with van der Waals surface area (Å²) in [5.74, 6) is -0.130. The molecule has 0 amide bonds. The fraction of sp³-hybridized carbons (Fsp3) is 0.308. The predicted molar refractivity (Wildman–Crippen MR) is 142 cm³/mol. The minimum Gasteiger partial charge on any atom is -0.407 e. The zero-order valence-electron chi connectivity index (χ0n) is 20.3. The van der Waals surface area contributed by atoms with Crippen molar-refractivity contribution in [2.45, 2.75) is 13.1 Å². The minimum absolute atomic E-state index is 0.160. The Morgan fingerprint density at radius 2 is 1.83 bits per heavy atom. The molecule has 1 fully saturated rings. The van der Waals surface area contributed by atoms with Crippen molar-refractivity contribution in [1.29, 1.82) is 16.2 Å². The standard InChI is InChI=1S/C26H32N8O2/c1-2-30-16-20(24(27)34-12-14-35-15-13-34)25(28)36-26(29)33-22-17-31-21-11-7-6-10-19(21)23(32-22)18-8-4-3-5-9-18/h3-11,16,22,27-28,30-31H,2,12-15,17H2,1H3,(H2,29,33)/b20-16+,27-24?,28-25?. The van der Waals surface area contributed by atoms with Crippen LogP contribution in [0.4, 0.5) is 5.69 Å². The van der Waals surface area contributed by atoms with Crippen LogP contribution in [0.3, 0.4) is 0 Å². The molecule has 0 bridgehead atoms. The molecule has 0 saturated carbocycles. The summed E-state index contributed by atoms with van der Waals surface area (Å²) in [5.41, 5.74) is 3.97. The molecule has 36 heavy (non-hydrogen) atoms.